The first-order valence-corrected chi connectivity index (χ1v) is 23.9. The number of phosphoric ester groups is 1. The summed E-state index contributed by atoms with van der Waals surface area (Å²) in [6.45, 7) is 6.11. The van der Waals surface area contributed by atoms with Crippen LogP contribution in [0.3, 0.4) is 0 Å². The molecule has 3 N–H and O–H groups in total. The summed E-state index contributed by atoms with van der Waals surface area (Å²) in [6.07, 6.45) is 34.4. The molecule has 0 saturated carbocycles. The summed E-state index contributed by atoms with van der Waals surface area (Å²) >= 11 is 0. The Morgan fingerprint density at radius 1 is 0.660 bits per heavy atom. The molecule has 0 aromatic rings. The first-order chi connectivity index (χ1) is 25.4. The van der Waals surface area contributed by atoms with Gasteiger partial charge in [0, 0.05) is 6.42 Å². The molecule has 0 heterocycles. The van der Waals surface area contributed by atoms with Crippen LogP contribution in [0.2, 0.25) is 0 Å². The molecule has 8 nitrogen and oxygen atoms in total. The fourth-order valence-electron chi connectivity index (χ4n) is 7.21. The van der Waals surface area contributed by atoms with Crippen molar-refractivity contribution in [2.75, 3.05) is 34.3 Å². The molecule has 0 saturated heterocycles. The van der Waals surface area contributed by atoms with Crippen LogP contribution in [0.25, 0.3) is 0 Å². The molecule has 0 aromatic heterocycles. The molecule has 0 fully saturated rings. The van der Waals surface area contributed by atoms with Crippen LogP contribution in [0.1, 0.15) is 213 Å². The molecule has 0 amide bonds. The predicted octanol–water partition coefficient (Wildman–Crippen LogP) is 12.2. The number of carbonyl (C=O) groups is 1. The lowest BCUT2D eigenvalue weighted by Gasteiger charge is -2.37. The lowest BCUT2D eigenvalue weighted by Crippen LogP contribution is -2.53. The van der Waals surface area contributed by atoms with Gasteiger partial charge < -0.3 is 19.6 Å². The van der Waals surface area contributed by atoms with E-state index in [9.17, 15) is 24.5 Å². The number of allylic oxidation sites excluding steroid dienone is 2. The topological polar surface area (TPSA) is 113 Å². The molecule has 316 valence electrons. The van der Waals surface area contributed by atoms with Crippen molar-refractivity contribution in [3.8, 4) is 0 Å². The molecule has 9 heteroatoms. The van der Waals surface area contributed by atoms with Gasteiger partial charge in [-0.2, -0.15) is 0 Å². The monoisotopic (exact) mass is 775 g/mol. The first kappa shape index (κ1) is 52.4. The standard InChI is InChI=1S/C44H88NO7P/c1-7-10-12-14-16-18-20-22-24-25-27-29-31-33-35-37-42(47)44(43(48)40-46,52-53(49,50)51-41(9-3)39-45(4,5)6)38-36-34-32-30-28-26-23-21-19-17-15-13-11-8-2/h22,24,41,43,46,48H,7-21,23,25-40H2,1-6H3/p+1/b24-22-/t41-,43-,44?/m0/s1. The van der Waals surface area contributed by atoms with Gasteiger partial charge in [-0.25, -0.2) is 4.57 Å². The SMILES string of the molecule is CCCCCCCC/C=C\CCCCCCCC(=O)C(CCCCCCCCCCCCCCCC)(OP(=O)(O)O[C@@H](CC)C[N+](C)(C)C)[C@@H](O)CO. The molecule has 0 spiro atoms. The van der Waals surface area contributed by atoms with Crippen LogP contribution >= 0.6 is 7.82 Å². The highest BCUT2D eigenvalue weighted by Gasteiger charge is 2.50. The van der Waals surface area contributed by atoms with Crippen molar-refractivity contribution in [3.63, 3.8) is 0 Å². The summed E-state index contributed by atoms with van der Waals surface area (Å²) in [7, 11) is 1.16. The lowest BCUT2D eigenvalue weighted by atomic mass is 9.84. The van der Waals surface area contributed by atoms with Gasteiger partial charge in [-0.3, -0.25) is 13.8 Å². The highest BCUT2D eigenvalue weighted by molar-refractivity contribution is 7.47. The molecule has 53 heavy (non-hydrogen) atoms. The number of carbonyl (C=O) groups excluding carboxylic acids is 1. The van der Waals surface area contributed by atoms with E-state index in [0.717, 1.165) is 57.8 Å². The van der Waals surface area contributed by atoms with Crippen LogP contribution in [0, 0.1) is 0 Å². The molecule has 0 aliphatic carbocycles. The van der Waals surface area contributed by atoms with E-state index in [-0.39, 0.29) is 12.8 Å². The van der Waals surface area contributed by atoms with E-state index in [1.807, 2.05) is 28.1 Å². The van der Waals surface area contributed by atoms with Crippen LogP contribution in [-0.4, -0.2) is 77.5 Å². The maximum Gasteiger partial charge on any atom is 0.473 e. The van der Waals surface area contributed by atoms with E-state index in [0.29, 0.717) is 30.3 Å². The number of ketones is 1. The maximum atomic E-state index is 13.9. The summed E-state index contributed by atoms with van der Waals surface area (Å²) in [5, 5.41) is 21.2. The van der Waals surface area contributed by atoms with E-state index >= 15 is 0 Å². The van der Waals surface area contributed by atoms with Gasteiger partial charge in [-0.05, 0) is 51.4 Å². The first-order valence-electron chi connectivity index (χ1n) is 22.4. The van der Waals surface area contributed by atoms with Crippen molar-refractivity contribution in [2.45, 2.75) is 231 Å². The molecule has 0 bridgehead atoms. The van der Waals surface area contributed by atoms with Gasteiger partial charge in [0.15, 0.2) is 11.4 Å². The van der Waals surface area contributed by atoms with Gasteiger partial charge in [-0.1, -0.05) is 168 Å². The average Bonchev–Trinajstić information content (AvgIpc) is 3.11. The minimum absolute atomic E-state index is 0.0662. The molecule has 0 aromatic carbocycles. The fraction of sp³-hybridized carbons (Fsp3) is 0.932. The number of phosphoric acid groups is 1. The number of Topliss-reactive ketones (excluding diaryl/α,β-unsaturated/α-hetero) is 1. The Labute approximate surface area is 328 Å². The second kappa shape index (κ2) is 33.5. The van der Waals surface area contributed by atoms with Crippen molar-refractivity contribution in [1.29, 1.82) is 0 Å². The van der Waals surface area contributed by atoms with Crippen molar-refractivity contribution < 1.29 is 38.0 Å². The van der Waals surface area contributed by atoms with Gasteiger partial charge in [0.2, 0.25) is 0 Å². The van der Waals surface area contributed by atoms with Gasteiger partial charge in [0.05, 0.1) is 27.7 Å². The van der Waals surface area contributed by atoms with E-state index in [1.54, 1.807) is 0 Å². The number of aliphatic hydroxyl groups excluding tert-OH is 2. The van der Waals surface area contributed by atoms with E-state index < -0.39 is 38.0 Å². The summed E-state index contributed by atoms with van der Waals surface area (Å²) in [5.41, 5.74) is -1.99. The second-order valence-electron chi connectivity index (χ2n) is 16.9. The van der Waals surface area contributed by atoms with Gasteiger partial charge in [0.25, 0.3) is 0 Å². The third-order valence-electron chi connectivity index (χ3n) is 10.5. The Morgan fingerprint density at radius 3 is 1.45 bits per heavy atom. The predicted molar refractivity (Wildman–Crippen MR) is 224 cm³/mol. The highest BCUT2D eigenvalue weighted by Crippen LogP contribution is 2.51. The van der Waals surface area contributed by atoms with Crippen molar-refractivity contribution in [3.05, 3.63) is 12.2 Å². The number of likely N-dealkylation sites (N-methyl/N-ethyl adjacent to an activating group) is 1. The third-order valence-corrected chi connectivity index (χ3v) is 11.6. The van der Waals surface area contributed by atoms with E-state index in [2.05, 4.69) is 26.0 Å². The Morgan fingerprint density at radius 2 is 1.06 bits per heavy atom. The average molecular weight is 775 g/mol. The van der Waals surface area contributed by atoms with Gasteiger partial charge in [0.1, 0.15) is 18.8 Å². The zero-order valence-corrected chi connectivity index (χ0v) is 36.7. The molecule has 0 aliphatic rings. The van der Waals surface area contributed by atoms with Crippen molar-refractivity contribution in [1.82, 2.24) is 0 Å². The molecule has 0 aliphatic heterocycles. The number of hydrogen-bond acceptors (Lipinski definition) is 6. The van der Waals surface area contributed by atoms with Crippen LogP contribution in [-0.2, 0) is 18.4 Å². The summed E-state index contributed by atoms with van der Waals surface area (Å²) in [5.74, 6) is -0.427. The maximum absolute atomic E-state index is 13.9. The second-order valence-corrected chi connectivity index (χ2v) is 18.2. The minimum atomic E-state index is -4.77. The van der Waals surface area contributed by atoms with Gasteiger partial charge >= 0.3 is 7.82 Å². The molecular formula is C44H89NO7P+. The number of quaternary nitrogens is 1. The number of nitrogens with zero attached hydrogens (tertiary/aromatic N) is 1. The Balaban J connectivity index is 5.07. The van der Waals surface area contributed by atoms with Crippen molar-refractivity contribution >= 4 is 13.6 Å². The smallest absolute Gasteiger partial charge is 0.394 e. The fourth-order valence-corrected chi connectivity index (χ4v) is 8.57. The number of rotatable bonds is 40. The molecule has 4 atom stereocenters. The Kier molecular flexibility index (Phi) is 33.2. The number of unbranched alkanes of at least 4 members (excludes halogenated alkanes) is 24. The van der Waals surface area contributed by atoms with Gasteiger partial charge in [-0.15, -0.1) is 0 Å². The highest BCUT2D eigenvalue weighted by atomic mass is 31.2. The Hall–Kier alpha value is -0.600. The zero-order chi connectivity index (χ0) is 39.7. The van der Waals surface area contributed by atoms with E-state index in [4.69, 9.17) is 9.05 Å². The van der Waals surface area contributed by atoms with Crippen LogP contribution in [0.15, 0.2) is 12.2 Å². The molecule has 2 unspecified atom stereocenters. The molecular weight excluding hydrogens is 685 g/mol. The third kappa shape index (κ3) is 29.3. The molecule has 0 rings (SSSR count). The van der Waals surface area contributed by atoms with Crippen molar-refractivity contribution in [2.24, 2.45) is 0 Å². The summed E-state index contributed by atoms with van der Waals surface area (Å²) in [4.78, 5) is 24.9. The Bertz CT molecular complexity index is 924. The summed E-state index contributed by atoms with van der Waals surface area (Å²) in [6, 6.07) is 0. The normalized spacial score (nSPS) is 15.8. The number of hydrogen-bond donors (Lipinski definition) is 3. The number of aliphatic hydroxyl groups is 2. The summed E-state index contributed by atoms with van der Waals surface area (Å²) < 4.78 is 25.5. The largest absolute Gasteiger partial charge is 0.473 e. The lowest BCUT2D eigenvalue weighted by molar-refractivity contribution is -0.873. The zero-order valence-electron chi connectivity index (χ0n) is 35.8. The van der Waals surface area contributed by atoms with E-state index in [1.165, 1.54) is 103 Å². The van der Waals surface area contributed by atoms with Crippen LogP contribution in [0.5, 0.6) is 0 Å². The minimum Gasteiger partial charge on any atom is -0.394 e. The van der Waals surface area contributed by atoms with Crippen LogP contribution < -0.4 is 0 Å². The van der Waals surface area contributed by atoms with Crippen LogP contribution in [0.4, 0.5) is 0 Å². The quantitative estimate of drug-likeness (QED) is 0.0246. The molecule has 0 radical (unpaired) electrons.